The molecular weight excluding hydrogens is 226 g/mol. The number of thioether (sulfide) groups is 2. The third kappa shape index (κ3) is 4.18. The first kappa shape index (κ1) is 12.5. The zero-order chi connectivity index (χ0) is 11.1. The largest absolute Gasteiger partial charge is 0.325 e. The maximum Gasteiger partial charge on any atom is 0.225 e. The molecule has 0 aliphatic rings. The first-order chi connectivity index (χ1) is 7.27. The first-order valence-electron chi connectivity index (χ1n) is 4.69. The molecule has 0 saturated heterocycles. The van der Waals surface area contributed by atoms with E-state index in [1.165, 1.54) is 0 Å². The molecular formula is C11H15NOS2. The summed E-state index contributed by atoms with van der Waals surface area (Å²) in [7, 11) is 0. The van der Waals surface area contributed by atoms with Crippen molar-refractivity contribution in [2.45, 2.75) is 11.3 Å². The molecule has 0 heterocycles. The minimum Gasteiger partial charge on any atom is -0.325 e. The third-order valence-electron chi connectivity index (χ3n) is 1.91. The van der Waals surface area contributed by atoms with Crippen molar-refractivity contribution in [2.24, 2.45) is 0 Å². The van der Waals surface area contributed by atoms with E-state index < -0.39 is 0 Å². The average Bonchev–Trinajstić information content (AvgIpc) is 2.27. The zero-order valence-corrected chi connectivity index (χ0v) is 10.6. The Morgan fingerprint density at radius 1 is 1.33 bits per heavy atom. The maximum absolute atomic E-state index is 11.5. The molecule has 0 atom stereocenters. The highest BCUT2D eigenvalue weighted by molar-refractivity contribution is 7.98. The number of benzene rings is 1. The molecule has 0 saturated carbocycles. The number of anilines is 1. The predicted molar refractivity (Wildman–Crippen MR) is 69.9 cm³/mol. The summed E-state index contributed by atoms with van der Waals surface area (Å²) < 4.78 is 0. The monoisotopic (exact) mass is 241 g/mol. The van der Waals surface area contributed by atoms with Gasteiger partial charge in [0.05, 0.1) is 5.69 Å². The maximum atomic E-state index is 11.5. The van der Waals surface area contributed by atoms with E-state index in [0.717, 1.165) is 16.3 Å². The van der Waals surface area contributed by atoms with E-state index in [1.807, 2.05) is 36.8 Å². The van der Waals surface area contributed by atoms with Crippen LogP contribution in [-0.2, 0) is 4.79 Å². The van der Waals surface area contributed by atoms with Crippen LogP contribution in [0.15, 0.2) is 29.2 Å². The number of hydrogen-bond acceptors (Lipinski definition) is 3. The fourth-order valence-electron chi connectivity index (χ4n) is 1.16. The summed E-state index contributed by atoms with van der Waals surface area (Å²) in [6, 6.07) is 7.85. The number of amides is 1. The van der Waals surface area contributed by atoms with E-state index in [0.29, 0.717) is 6.42 Å². The minimum absolute atomic E-state index is 0.0888. The molecule has 1 amide bonds. The van der Waals surface area contributed by atoms with Crippen molar-refractivity contribution >= 4 is 35.1 Å². The van der Waals surface area contributed by atoms with Crippen molar-refractivity contribution in [1.82, 2.24) is 0 Å². The second-order valence-corrected chi connectivity index (χ2v) is 4.82. The molecule has 0 aliphatic heterocycles. The molecule has 0 radical (unpaired) electrons. The Morgan fingerprint density at radius 2 is 2.07 bits per heavy atom. The van der Waals surface area contributed by atoms with Gasteiger partial charge in [0.25, 0.3) is 0 Å². The highest BCUT2D eigenvalue weighted by atomic mass is 32.2. The van der Waals surface area contributed by atoms with Crippen LogP contribution < -0.4 is 5.32 Å². The molecule has 0 unspecified atom stereocenters. The molecule has 1 aromatic rings. The van der Waals surface area contributed by atoms with E-state index >= 15 is 0 Å². The Balaban J connectivity index is 2.59. The summed E-state index contributed by atoms with van der Waals surface area (Å²) in [5.74, 6) is 0.957. The lowest BCUT2D eigenvalue weighted by Gasteiger charge is -2.08. The van der Waals surface area contributed by atoms with Crippen LogP contribution >= 0.6 is 23.5 Å². The molecule has 4 heteroatoms. The minimum atomic E-state index is 0.0888. The summed E-state index contributed by atoms with van der Waals surface area (Å²) in [4.78, 5) is 12.6. The number of rotatable bonds is 5. The Kier molecular flexibility index (Phi) is 5.65. The molecule has 0 fully saturated rings. The van der Waals surface area contributed by atoms with Crippen molar-refractivity contribution in [3.05, 3.63) is 24.3 Å². The van der Waals surface area contributed by atoms with E-state index in [1.54, 1.807) is 23.5 Å². The average molecular weight is 241 g/mol. The zero-order valence-electron chi connectivity index (χ0n) is 8.95. The highest BCUT2D eigenvalue weighted by Crippen LogP contribution is 2.24. The standard InChI is InChI=1S/C11H15NOS2/c1-14-8-7-11(13)12-9-5-3-4-6-10(9)15-2/h3-6H,7-8H2,1-2H3,(H,12,13). The molecule has 1 aromatic carbocycles. The van der Waals surface area contributed by atoms with Crippen LogP contribution in [0.2, 0.25) is 0 Å². The van der Waals surface area contributed by atoms with Gasteiger partial charge in [-0.2, -0.15) is 11.8 Å². The van der Waals surface area contributed by atoms with Crippen LogP contribution in [0.5, 0.6) is 0 Å². The summed E-state index contributed by atoms with van der Waals surface area (Å²) >= 11 is 3.33. The summed E-state index contributed by atoms with van der Waals surface area (Å²) in [6.07, 6.45) is 4.58. The number of hydrogen-bond donors (Lipinski definition) is 1. The van der Waals surface area contributed by atoms with Gasteiger partial charge in [-0.25, -0.2) is 0 Å². The van der Waals surface area contributed by atoms with Gasteiger partial charge in [-0.15, -0.1) is 11.8 Å². The second kappa shape index (κ2) is 6.80. The van der Waals surface area contributed by atoms with Crippen molar-refractivity contribution < 1.29 is 4.79 Å². The Morgan fingerprint density at radius 3 is 2.73 bits per heavy atom. The Hall–Kier alpha value is -0.610. The van der Waals surface area contributed by atoms with E-state index in [4.69, 9.17) is 0 Å². The number of para-hydroxylation sites is 1. The van der Waals surface area contributed by atoms with Gasteiger partial charge in [0, 0.05) is 17.1 Å². The number of nitrogens with one attached hydrogen (secondary N) is 1. The van der Waals surface area contributed by atoms with Crippen LogP contribution in [0, 0.1) is 0 Å². The fourth-order valence-corrected chi connectivity index (χ4v) is 2.10. The fraction of sp³-hybridized carbons (Fsp3) is 0.364. The van der Waals surface area contributed by atoms with E-state index in [-0.39, 0.29) is 5.91 Å². The molecule has 15 heavy (non-hydrogen) atoms. The van der Waals surface area contributed by atoms with Crippen LogP contribution in [0.1, 0.15) is 6.42 Å². The van der Waals surface area contributed by atoms with Gasteiger partial charge in [-0.3, -0.25) is 4.79 Å². The van der Waals surface area contributed by atoms with Crippen molar-refractivity contribution in [2.75, 3.05) is 23.6 Å². The van der Waals surface area contributed by atoms with Gasteiger partial charge < -0.3 is 5.32 Å². The van der Waals surface area contributed by atoms with Gasteiger partial charge in [0.1, 0.15) is 0 Å². The molecule has 1 N–H and O–H groups in total. The van der Waals surface area contributed by atoms with Gasteiger partial charge in [0.2, 0.25) is 5.91 Å². The Bertz CT molecular complexity index is 328. The lowest BCUT2D eigenvalue weighted by atomic mass is 10.3. The summed E-state index contributed by atoms with van der Waals surface area (Å²) in [5.41, 5.74) is 0.913. The normalized spacial score (nSPS) is 10.0. The lowest BCUT2D eigenvalue weighted by Crippen LogP contribution is -2.12. The van der Waals surface area contributed by atoms with Crippen LogP contribution in [0.4, 0.5) is 5.69 Å². The molecule has 2 nitrogen and oxygen atoms in total. The van der Waals surface area contributed by atoms with Crippen molar-refractivity contribution in [1.29, 1.82) is 0 Å². The molecule has 82 valence electrons. The molecule has 0 bridgehead atoms. The highest BCUT2D eigenvalue weighted by Gasteiger charge is 2.04. The smallest absolute Gasteiger partial charge is 0.225 e. The second-order valence-electron chi connectivity index (χ2n) is 2.99. The van der Waals surface area contributed by atoms with E-state index in [9.17, 15) is 4.79 Å². The Labute approximate surface area is 99.2 Å². The van der Waals surface area contributed by atoms with Crippen LogP contribution in [0.3, 0.4) is 0 Å². The van der Waals surface area contributed by atoms with Gasteiger partial charge in [-0.05, 0) is 24.6 Å². The van der Waals surface area contributed by atoms with Crippen molar-refractivity contribution in [3.8, 4) is 0 Å². The van der Waals surface area contributed by atoms with Crippen molar-refractivity contribution in [3.63, 3.8) is 0 Å². The predicted octanol–water partition coefficient (Wildman–Crippen LogP) is 3.10. The van der Waals surface area contributed by atoms with Gasteiger partial charge in [-0.1, -0.05) is 12.1 Å². The van der Waals surface area contributed by atoms with Gasteiger partial charge >= 0.3 is 0 Å². The molecule has 0 aliphatic carbocycles. The van der Waals surface area contributed by atoms with Crippen LogP contribution in [0.25, 0.3) is 0 Å². The lowest BCUT2D eigenvalue weighted by molar-refractivity contribution is -0.115. The number of carbonyl (C=O) groups excluding carboxylic acids is 1. The topological polar surface area (TPSA) is 29.1 Å². The van der Waals surface area contributed by atoms with E-state index in [2.05, 4.69) is 5.32 Å². The molecule has 1 rings (SSSR count). The van der Waals surface area contributed by atoms with Gasteiger partial charge in [0.15, 0.2) is 0 Å². The summed E-state index contributed by atoms with van der Waals surface area (Å²) in [5, 5.41) is 2.92. The van der Waals surface area contributed by atoms with Crippen LogP contribution in [-0.4, -0.2) is 24.2 Å². The quantitative estimate of drug-likeness (QED) is 0.803. The molecule has 0 spiro atoms. The molecule has 0 aromatic heterocycles. The number of carbonyl (C=O) groups is 1. The third-order valence-corrected chi connectivity index (χ3v) is 3.32. The first-order valence-corrected chi connectivity index (χ1v) is 7.31. The summed E-state index contributed by atoms with van der Waals surface area (Å²) in [6.45, 7) is 0. The SMILES string of the molecule is CSCCC(=O)Nc1ccccc1SC.